The number of carbonyl (C=O) groups is 6. The van der Waals surface area contributed by atoms with E-state index >= 15 is 0 Å². The smallest absolute Gasteiger partial charge is 0.290 e. The van der Waals surface area contributed by atoms with E-state index in [1.54, 1.807) is 24.3 Å². The second kappa shape index (κ2) is 16.4. The summed E-state index contributed by atoms with van der Waals surface area (Å²) in [7, 11) is 0. The monoisotopic (exact) mass is 625 g/mol. The van der Waals surface area contributed by atoms with Crippen molar-refractivity contribution in [3.8, 4) is 0 Å². The summed E-state index contributed by atoms with van der Waals surface area (Å²) in [5.74, 6) is -4.55. The molecule has 3 amide bonds. The first kappa shape index (κ1) is 35.6. The zero-order valence-corrected chi connectivity index (χ0v) is 26.9. The van der Waals surface area contributed by atoms with Gasteiger partial charge in [0.15, 0.2) is 5.78 Å². The summed E-state index contributed by atoms with van der Waals surface area (Å²) in [4.78, 5) is 78.0. The SMILES string of the molecule is Cc1ccccc1CC(=O)CC(Cc1ccccc1)C(=O)NC(C)C(=O)C(=O)NC(Cc1ccccc1)C(=O)CC(C)(C)C(N)=O. The van der Waals surface area contributed by atoms with Crippen LogP contribution in [0.4, 0.5) is 0 Å². The molecular weight excluding hydrogens is 582 g/mol. The van der Waals surface area contributed by atoms with E-state index in [0.717, 1.165) is 22.3 Å². The Morgan fingerprint density at radius 2 is 1.30 bits per heavy atom. The molecule has 0 aromatic heterocycles. The van der Waals surface area contributed by atoms with Crippen LogP contribution in [0, 0.1) is 18.3 Å². The van der Waals surface area contributed by atoms with Gasteiger partial charge < -0.3 is 16.4 Å². The lowest BCUT2D eigenvalue weighted by atomic mass is 9.84. The number of rotatable bonds is 17. The minimum atomic E-state index is -1.23. The highest BCUT2D eigenvalue weighted by molar-refractivity contribution is 6.38. The molecule has 4 N–H and O–H groups in total. The van der Waals surface area contributed by atoms with E-state index in [0.29, 0.717) is 0 Å². The number of nitrogens with two attached hydrogens (primary N) is 1. The van der Waals surface area contributed by atoms with Crippen molar-refractivity contribution in [3.05, 3.63) is 107 Å². The van der Waals surface area contributed by atoms with Gasteiger partial charge in [0.1, 0.15) is 5.78 Å². The summed E-state index contributed by atoms with van der Waals surface area (Å²) in [5, 5.41) is 5.14. The first-order valence-corrected chi connectivity index (χ1v) is 15.4. The Morgan fingerprint density at radius 1 is 0.761 bits per heavy atom. The predicted molar refractivity (Wildman–Crippen MR) is 175 cm³/mol. The summed E-state index contributed by atoms with van der Waals surface area (Å²) >= 11 is 0. The fourth-order valence-corrected chi connectivity index (χ4v) is 5.09. The normalized spacial score (nSPS) is 13.1. The van der Waals surface area contributed by atoms with Crippen LogP contribution in [0.5, 0.6) is 0 Å². The molecule has 0 radical (unpaired) electrons. The molecule has 3 atom stereocenters. The fraction of sp³-hybridized carbons (Fsp3) is 0.351. The van der Waals surface area contributed by atoms with Gasteiger partial charge in [-0.1, -0.05) is 98.8 Å². The van der Waals surface area contributed by atoms with Crippen molar-refractivity contribution in [2.75, 3.05) is 0 Å². The van der Waals surface area contributed by atoms with Crippen molar-refractivity contribution in [2.45, 2.75) is 71.9 Å². The first-order chi connectivity index (χ1) is 21.8. The molecule has 3 aromatic rings. The Balaban J connectivity index is 1.72. The van der Waals surface area contributed by atoms with Crippen LogP contribution < -0.4 is 16.4 Å². The fourth-order valence-electron chi connectivity index (χ4n) is 5.09. The molecular formula is C37H43N3O6. The first-order valence-electron chi connectivity index (χ1n) is 15.4. The molecule has 9 nitrogen and oxygen atoms in total. The van der Waals surface area contributed by atoms with E-state index in [4.69, 9.17) is 5.73 Å². The molecule has 3 unspecified atom stereocenters. The van der Waals surface area contributed by atoms with Gasteiger partial charge in [-0.2, -0.15) is 0 Å². The third-order valence-electron chi connectivity index (χ3n) is 8.05. The van der Waals surface area contributed by atoms with Gasteiger partial charge in [0, 0.05) is 25.2 Å². The molecule has 0 saturated carbocycles. The van der Waals surface area contributed by atoms with Gasteiger partial charge >= 0.3 is 0 Å². The van der Waals surface area contributed by atoms with Crippen molar-refractivity contribution in [3.63, 3.8) is 0 Å². The average Bonchev–Trinajstić information content (AvgIpc) is 3.01. The standard InChI is InChI=1S/C37H43N3O6/c1-24-13-11-12-18-28(24)21-30(41)22-29(19-26-14-7-5-8-15-26)34(44)39-25(2)33(43)35(45)40-31(20-27-16-9-6-10-17-27)32(42)23-37(3,4)36(38)46/h5-18,25,29,31H,19-23H2,1-4H3,(H2,38,46)(H,39,44)(H,40,45). The van der Waals surface area contributed by atoms with Crippen LogP contribution in [0.15, 0.2) is 84.9 Å². The van der Waals surface area contributed by atoms with Crippen LogP contribution >= 0.6 is 0 Å². The number of hydrogen-bond donors (Lipinski definition) is 3. The summed E-state index contributed by atoms with van der Waals surface area (Å²) in [6.45, 7) is 6.38. The maximum Gasteiger partial charge on any atom is 0.290 e. The molecule has 0 bridgehead atoms. The van der Waals surface area contributed by atoms with Gasteiger partial charge in [0.2, 0.25) is 17.6 Å². The van der Waals surface area contributed by atoms with E-state index in [9.17, 15) is 28.8 Å². The van der Waals surface area contributed by atoms with Crippen LogP contribution in [0.25, 0.3) is 0 Å². The lowest BCUT2D eigenvalue weighted by molar-refractivity contribution is -0.141. The minimum Gasteiger partial charge on any atom is -0.369 e. The lowest BCUT2D eigenvalue weighted by Crippen LogP contribution is -2.52. The van der Waals surface area contributed by atoms with Crippen LogP contribution in [0.3, 0.4) is 0 Å². The highest BCUT2D eigenvalue weighted by Crippen LogP contribution is 2.22. The predicted octanol–water partition coefficient (Wildman–Crippen LogP) is 3.63. The van der Waals surface area contributed by atoms with Crippen molar-refractivity contribution in [2.24, 2.45) is 17.1 Å². The lowest BCUT2D eigenvalue weighted by Gasteiger charge is -2.24. The zero-order chi connectivity index (χ0) is 33.9. The Bertz CT molecular complexity index is 1550. The molecule has 242 valence electrons. The van der Waals surface area contributed by atoms with E-state index in [1.165, 1.54) is 20.8 Å². The topological polar surface area (TPSA) is 152 Å². The van der Waals surface area contributed by atoms with Crippen molar-refractivity contribution < 1.29 is 28.8 Å². The van der Waals surface area contributed by atoms with E-state index in [2.05, 4.69) is 10.6 Å². The van der Waals surface area contributed by atoms with Gasteiger partial charge in [0.25, 0.3) is 5.91 Å². The Hall–Kier alpha value is -4.92. The summed E-state index contributed by atoms with van der Waals surface area (Å²) in [6, 6.07) is 23.4. The number of ketones is 3. The Labute approximate surface area is 270 Å². The summed E-state index contributed by atoms with van der Waals surface area (Å²) < 4.78 is 0. The molecule has 3 aromatic carbocycles. The molecule has 0 spiro atoms. The number of carbonyl (C=O) groups excluding carboxylic acids is 6. The van der Waals surface area contributed by atoms with Gasteiger partial charge in [-0.25, -0.2) is 0 Å². The molecule has 0 saturated heterocycles. The second-order valence-electron chi connectivity index (χ2n) is 12.4. The highest BCUT2D eigenvalue weighted by atomic mass is 16.2. The largest absolute Gasteiger partial charge is 0.369 e. The van der Waals surface area contributed by atoms with E-state index < -0.39 is 52.7 Å². The van der Waals surface area contributed by atoms with Crippen molar-refractivity contribution in [1.29, 1.82) is 0 Å². The average molecular weight is 626 g/mol. The second-order valence-corrected chi connectivity index (χ2v) is 12.4. The number of Topliss-reactive ketones (excluding diaryl/α,β-unsaturated/α-hetero) is 3. The van der Waals surface area contributed by atoms with Crippen LogP contribution in [-0.4, -0.2) is 47.2 Å². The van der Waals surface area contributed by atoms with Crippen LogP contribution in [-0.2, 0) is 48.0 Å². The molecule has 0 aliphatic rings. The quantitative estimate of drug-likeness (QED) is 0.195. The number of hydrogen-bond acceptors (Lipinski definition) is 6. The van der Waals surface area contributed by atoms with Crippen LogP contribution in [0.1, 0.15) is 55.9 Å². The number of benzene rings is 3. The maximum atomic E-state index is 13.5. The molecule has 0 aliphatic heterocycles. The Kier molecular flexibility index (Phi) is 12.7. The molecule has 3 rings (SSSR count). The van der Waals surface area contributed by atoms with E-state index in [-0.39, 0.29) is 37.9 Å². The van der Waals surface area contributed by atoms with Crippen molar-refractivity contribution in [1.82, 2.24) is 10.6 Å². The summed E-state index contributed by atoms with van der Waals surface area (Å²) in [6.07, 6.45) is 0.244. The number of aryl methyl sites for hydroxylation is 1. The highest BCUT2D eigenvalue weighted by Gasteiger charge is 2.34. The molecule has 9 heteroatoms. The molecule has 0 heterocycles. The maximum absolute atomic E-state index is 13.5. The van der Waals surface area contributed by atoms with Crippen LogP contribution in [0.2, 0.25) is 0 Å². The van der Waals surface area contributed by atoms with E-state index in [1.807, 2.05) is 67.6 Å². The molecule has 0 fully saturated rings. The Morgan fingerprint density at radius 3 is 1.87 bits per heavy atom. The van der Waals surface area contributed by atoms with Crippen molar-refractivity contribution >= 4 is 35.1 Å². The molecule has 46 heavy (non-hydrogen) atoms. The van der Waals surface area contributed by atoms with Gasteiger partial charge in [0.05, 0.1) is 17.5 Å². The third kappa shape index (κ3) is 10.6. The van der Waals surface area contributed by atoms with Gasteiger partial charge in [-0.3, -0.25) is 28.8 Å². The van der Waals surface area contributed by atoms with Gasteiger partial charge in [-0.05, 0) is 48.9 Å². The number of amides is 3. The third-order valence-corrected chi connectivity index (χ3v) is 8.05. The van der Waals surface area contributed by atoms with Gasteiger partial charge in [-0.15, -0.1) is 0 Å². The molecule has 0 aliphatic carbocycles. The number of nitrogens with one attached hydrogen (secondary N) is 2. The summed E-state index contributed by atoms with van der Waals surface area (Å²) in [5.41, 5.74) is 7.75. The zero-order valence-electron chi connectivity index (χ0n) is 26.9. The minimum absolute atomic E-state index is 0.0501. The number of primary amides is 1.